The molecule has 1 fully saturated rings. The summed E-state index contributed by atoms with van der Waals surface area (Å²) in [6.45, 7) is 1.22. The molecular formula is C23H21N5O4. The fourth-order valence-corrected chi connectivity index (χ4v) is 3.92. The summed E-state index contributed by atoms with van der Waals surface area (Å²) in [6, 6.07) is 15.4. The van der Waals surface area contributed by atoms with E-state index >= 15 is 0 Å². The Balaban J connectivity index is 1.48. The van der Waals surface area contributed by atoms with Gasteiger partial charge in [-0.2, -0.15) is 5.26 Å². The van der Waals surface area contributed by atoms with Crippen molar-refractivity contribution in [2.45, 2.75) is 12.8 Å². The monoisotopic (exact) mass is 431 g/mol. The molecule has 2 heterocycles. The van der Waals surface area contributed by atoms with Crippen molar-refractivity contribution in [2.75, 3.05) is 30.4 Å². The maximum absolute atomic E-state index is 12.7. The van der Waals surface area contributed by atoms with Crippen molar-refractivity contribution in [2.24, 2.45) is 5.92 Å². The molecule has 1 aliphatic heterocycles. The minimum atomic E-state index is -0.491. The third-order valence-corrected chi connectivity index (χ3v) is 5.66. The number of anilines is 2. The number of piperidine rings is 1. The van der Waals surface area contributed by atoms with Gasteiger partial charge < -0.3 is 15.0 Å². The van der Waals surface area contributed by atoms with E-state index in [4.69, 9.17) is 4.74 Å². The van der Waals surface area contributed by atoms with Gasteiger partial charge in [-0.1, -0.05) is 12.1 Å². The Hall–Kier alpha value is -4.19. The van der Waals surface area contributed by atoms with Crippen LogP contribution in [0.15, 0.2) is 48.5 Å². The highest BCUT2D eigenvalue weighted by Crippen LogP contribution is 2.30. The first-order valence-corrected chi connectivity index (χ1v) is 10.2. The number of pyridine rings is 1. The number of non-ortho nitro benzene ring substituents is 1. The first kappa shape index (κ1) is 21.1. The van der Waals surface area contributed by atoms with Crippen LogP contribution in [0.3, 0.4) is 0 Å². The number of nitriles is 1. The number of amides is 1. The average molecular weight is 431 g/mol. The van der Waals surface area contributed by atoms with E-state index in [0.717, 1.165) is 0 Å². The van der Waals surface area contributed by atoms with Crippen LogP contribution in [0.25, 0.3) is 10.9 Å². The zero-order chi connectivity index (χ0) is 22.7. The largest absolute Gasteiger partial charge is 0.495 e. The maximum Gasteiger partial charge on any atom is 0.270 e. The van der Waals surface area contributed by atoms with E-state index in [1.54, 1.807) is 31.4 Å². The molecule has 0 unspecified atom stereocenters. The van der Waals surface area contributed by atoms with E-state index in [-0.39, 0.29) is 17.5 Å². The number of carbonyl (C=O) groups excluding carboxylic acids is 1. The summed E-state index contributed by atoms with van der Waals surface area (Å²) in [7, 11) is 1.56. The zero-order valence-electron chi connectivity index (χ0n) is 17.4. The van der Waals surface area contributed by atoms with Crippen LogP contribution in [0, 0.1) is 27.4 Å². The lowest BCUT2D eigenvalue weighted by Gasteiger charge is -2.32. The topological polar surface area (TPSA) is 121 Å². The summed E-state index contributed by atoms with van der Waals surface area (Å²) in [5.74, 6) is 1.05. The van der Waals surface area contributed by atoms with E-state index < -0.39 is 4.92 Å². The van der Waals surface area contributed by atoms with Crippen LogP contribution in [-0.2, 0) is 4.79 Å². The number of nitro benzene ring substituents is 1. The molecule has 9 heteroatoms. The second-order valence-electron chi connectivity index (χ2n) is 7.55. The summed E-state index contributed by atoms with van der Waals surface area (Å²) in [6.07, 6.45) is 1.28. The summed E-state index contributed by atoms with van der Waals surface area (Å²) in [5.41, 5.74) is 1.43. The molecule has 0 aliphatic carbocycles. The van der Waals surface area contributed by atoms with Crippen molar-refractivity contribution < 1.29 is 14.5 Å². The Kier molecular flexibility index (Phi) is 5.85. The molecule has 1 N–H and O–H groups in total. The number of hydrogen-bond donors (Lipinski definition) is 1. The van der Waals surface area contributed by atoms with E-state index in [9.17, 15) is 20.2 Å². The SMILES string of the molecule is COc1ccccc1NC(=O)C1CCN(c2cc(C#N)c3cc([N+](=O)[O-])ccc3n2)CC1. The van der Waals surface area contributed by atoms with Gasteiger partial charge in [0.15, 0.2) is 0 Å². The summed E-state index contributed by atoms with van der Waals surface area (Å²) in [4.78, 5) is 29.9. The summed E-state index contributed by atoms with van der Waals surface area (Å²) >= 11 is 0. The van der Waals surface area contributed by atoms with Crippen LogP contribution >= 0.6 is 0 Å². The Morgan fingerprint density at radius 1 is 1.25 bits per heavy atom. The Bertz CT molecular complexity index is 1230. The minimum Gasteiger partial charge on any atom is -0.495 e. The number of benzene rings is 2. The lowest BCUT2D eigenvalue weighted by atomic mass is 9.95. The normalized spacial score (nSPS) is 14.1. The quantitative estimate of drug-likeness (QED) is 0.480. The number of para-hydroxylation sites is 2. The van der Waals surface area contributed by atoms with Crippen LogP contribution in [0.5, 0.6) is 5.75 Å². The highest BCUT2D eigenvalue weighted by molar-refractivity contribution is 5.94. The van der Waals surface area contributed by atoms with Gasteiger partial charge in [-0.05, 0) is 37.1 Å². The van der Waals surface area contributed by atoms with E-state index in [0.29, 0.717) is 59.7 Å². The first-order chi connectivity index (χ1) is 15.5. The predicted octanol–water partition coefficient (Wildman–Crippen LogP) is 3.88. The standard InChI is InChI=1S/C23H21N5O4/c1-32-21-5-3-2-4-20(21)26-23(29)15-8-10-27(11-9-15)22-12-16(14-24)18-13-17(28(30)31)6-7-19(18)25-22/h2-7,12-13,15H,8-11H2,1H3,(H,26,29). The van der Waals surface area contributed by atoms with Crippen molar-refractivity contribution in [3.8, 4) is 11.8 Å². The molecule has 3 aromatic rings. The van der Waals surface area contributed by atoms with Crippen LogP contribution < -0.4 is 15.0 Å². The fraction of sp³-hybridized carbons (Fsp3) is 0.261. The van der Waals surface area contributed by atoms with Gasteiger partial charge in [0.25, 0.3) is 5.69 Å². The summed E-state index contributed by atoms with van der Waals surface area (Å²) in [5, 5.41) is 24.0. The number of hydrogen-bond acceptors (Lipinski definition) is 7. The molecule has 1 aliphatic rings. The van der Waals surface area contributed by atoms with E-state index in [2.05, 4.69) is 16.4 Å². The Labute approximate surface area is 184 Å². The molecule has 2 aromatic carbocycles. The third-order valence-electron chi connectivity index (χ3n) is 5.66. The molecule has 1 aromatic heterocycles. The van der Waals surface area contributed by atoms with Gasteiger partial charge in [0.05, 0.1) is 34.9 Å². The number of methoxy groups -OCH3 is 1. The third kappa shape index (κ3) is 4.16. The van der Waals surface area contributed by atoms with Gasteiger partial charge in [0.2, 0.25) is 5.91 Å². The molecule has 0 radical (unpaired) electrons. The summed E-state index contributed by atoms with van der Waals surface area (Å²) < 4.78 is 5.29. The molecule has 32 heavy (non-hydrogen) atoms. The molecule has 4 rings (SSSR count). The lowest BCUT2D eigenvalue weighted by Crippen LogP contribution is -2.38. The molecule has 0 saturated carbocycles. The Morgan fingerprint density at radius 2 is 2.00 bits per heavy atom. The van der Waals surface area contributed by atoms with Crippen LogP contribution in [0.1, 0.15) is 18.4 Å². The van der Waals surface area contributed by atoms with Gasteiger partial charge in [0, 0.05) is 36.5 Å². The van der Waals surface area contributed by atoms with Crippen molar-refractivity contribution >= 4 is 34.0 Å². The minimum absolute atomic E-state index is 0.0503. The predicted molar refractivity (Wildman–Crippen MR) is 120 cm³/mol. The number of nitrogens with one attached hydrogen (secondary N) is 1. The molecule has 1 amide bonds. The van der Waals surface area contributed by atoms with Crippen molar-refractivity contribution in [3.63, 3.8) is 0 Å². The zero-order valence-corrected chi connectivity index (χ0v) is 17.4. The number of nitro groups is 1. The lowest BCUT2D eigenvalue weighted by molar-refractivity contribution is -0.384. The molecular weight excluding hydrogens is 410 g/mol. The van der Waals surface area contributed by atoms with Crippen molar-refractivity contribution in [3.05, 3.63) is 64.2 Å². The number of carbonyl (C=O) groups is 1. The first-order valence-electron chi connectivity index (χ1n) is 10.2. The molecule has 1 saturated heterocycles. The average Bonchev–Trinajstić information content (AvgIpc) is 2.83. The Morgan fingerprint density at radius 3 is 2.69 bits per heavy atom. The highest BCUT2D eigenvalue weighted by Gasteiger charge is 2.27. The van der Waals surface area contributed by atoms with Gasteiger partial charge in [-0.15, -0.1) is 0 Å². The van der Waals surface area contributed by atoms with Crippen molar-refractivity contribution in [1.82, 2.24) is 4.98 Å². The van der Waals surface area contributed by atoms with Gasteiger partial charge in [-0.25, -0.2) is 4.98 Å². The van der Waals surface area contributed by atoms with Crippen LogP contribution in [0.4, 0.5) is 17.2 Å². The second kappa shape index (κ2) is 8.89. The van der Waals surface area contributed by atoms with Crippen LogP contribution in [0.2, 0.25) is 0 Å². The second-order valence-corrected chi connectivity index (χ2v) is 7.55. The fourth-order valence-electron chi connectivity index (χ4n) is 3.92. The highest BCUT2D eigenvalue weighted by atomic mass is 16.6. The van der Waals surface area contributed by atoms with Crippen molar-refractivity contribution in [1.29, 1.82) is 5.26 Å². The molecule has 162 valence electrons. The van der Waals surface area contributed by atoms with Gasteiger partial charge in [0.1, 0.15) is 11.6 Å². The number of ether oxygens (including phenoxy) is 1. The maximum atomic E-state index is 12.7. The van der Waals surface area contributed by atoms with E-state index in [1.807, 2.05) is 17.0 Å². The van der Waals surface area contributed by atoms with Gasteiger partial charge >= 0.3 is 0 Å². The number of nitrogens with zero attached hydrogens (tertiary/aromatic N) is 4. The number of fused-ring (bicyclic) bond motifs is 1. The molecule has 0 spiro atoms. The number of aromatic nitrogens is 1. The van der Waals surface area contributed by atoms with Crippen LogP contribution in [-0.4, -0.2) is 36.0 Å². The van der Waals surface area contributed by atoms with Gasteiger partial charge in [-0.3, -0.25) is 14.9 Å². The van der Waals surface area contributed by atoms with E-state index in [1.165, 1.54) is 12.1 Å². The number of rotatable bonds is 5. The smallest absolute Gasteiger partial charge is 0.270 e. The molecule has 9 nitrogen and oxygen atoms in total. The molecule has 0 atom stereocenters. The molecule has 0 bridgehead atoms.